The quantitative estimate of drug-likeness (QED) is 0.494. The third kappa shape index (κ3) is 1.68. The maximum atomic E-state index is 2.53. The summed E-state index contributed by atoms with van der Waals surface area (Å²) < 4.78 is 0. The molecule has 15 heavy (non-hydrogen) atoms. The summed E-state index contributed by atoms with van der Waals surface area (Å²) in [4.78, 5) is 0. The van der Waals surface area contributed by atoms with Crippen molar-refractivity contribution >= 4 is 0 Å². The van der Waals surface area contributed by atoms with Gasteiger partial charge in [0.15, 0.2) is 0 Å². The van der Waals surface area contributed by atoms with E-state index in [1.165, 1.54) is 32.1 Å². The van der Waals surface area contributed by atoms with Crippen molar-refractivity contribution in [2.45, 2.75) is 59.8 Å². The van der Waals surface area contributed by atoms with Crippen molar-refractivity contribution in [3.8, 4) is 0 Å². The van der Waals surface area contributed by atoms with E-state index in [0.717, 1.165) is 0 Å². The zero-order chi connectivity index (χ0) is 11.1. The number of rotatable bonds is 0. The van der Waals surface area contributed by atoms with Gasteiger partial charge < -0.3 is 0 Å². The van der Waals surface area contributed by atoms with Gasteiger partial charge in [-0.3, -0.25) is 0 Å². The van der Waals surface area contributed by atoms with E-state index in [1.54, 1.807) is 11.1 Å². The molecule has 0 heteroatoms. The van der Waals surface area contributed by atoms with Crippen LogP contribution in [0.15, 0.2) is 23.3 Å². The number of hydrogen-bond acceptors (Lipinski definition) is 0. The molecule has 1 unspecified atom stereocenters. The van der Waals surface area contributed by atoms with Crippen LogP contribution in [0.4, 0.5) is 0 Å². The molecule has 1 atom stereocenters. The first-order valence-corrected chi connectivity index (χ1v) is 6.31. The SMILES string of the molecule is CC1=CCC2(C)C(=CCCC2(C)C)CC1. The minimum atomic E-state index is 0.420. The van der Waals surface area contributed by atoms with Crippen molar-refractivity contribution in [2.24, 2.45) is 10.8 Å². The molecule has 0 radical (unpaired) electrons. The van der Waals surface area contributed by atoms with Crippen LogP contribution in [0, 0.1) is 10.8 Å². The summed E-state index contributed by atoms with van der Waals surface area (Å²) in [6.07, 6.45) is 11.5. The summed E-state index contributed by atoms with van der Waals surface area (Å²) in [7, 11) is 0. The lowest BCUT2D eigenvalue weighted by Crippen LogP contribution is -2.38. The molecule has 0 fully saturated rings. The average Bonchev–Trinajstić information content (AvgIpc) is 2.30. The van der Waals surface area contributed by atoms with Crippen molar-refractivity contribution in [3.05, 3.63) is 23.3 Å². The smallest absolute Gasteiger partial charge is 0.00305 e. The number of fused-ring (bicyclic) bond motifs is 1. The van der Waals surface area contributed by atoms with E-state index in [-0.39, 0.29) is 0 Å². The lowest BCUT2D eigenvalue weighted by molar-refractivity contribution is 0.107. The summed E-state index contributed by atoms with van der Waals surface area (Å²) >= 11 is 0. The van der Waals surface area contributed by atoms with Gasteiger partial charge in [-0.05, 0) is 49.9 Å². The molecule has 0 amide bonds. The Morgan fingerprint density at radius 1 is 1.07 bits per heavy atom. The molecule has 2 aliphatic carbocycles. The van der Waals surface area contributed by atoms with E-state index in [4.69, 9.17) is 0 Å². The normalized spacial score (nSPS) is 34.9. The minimum absolute atomic E-state index is 0.420. The van der Waals surface area contributed by atoms with Crippen LogP contribution in [0.3, 0.4) is 0 Å². The second-order valence-electron chi connectivity index (χ2n) is 6.24. The fourth-order valence-electron chi connectivity index (χ4n) is 3.14. The first-order valence-electron chi connectivity index (χ1n) is 6.31. The molecule has 2 rings (SSSR count). The van der Waals surface area contributed by atoms with Crippen molar-refractivity contribution < 1.29 is 0 Å². The van der Waals surface area contributed by atoms with Gasteiger partial charge in [0, 0.05) is 0 Å². The molecular weight excluding hydrogens is 180 g/mol. The molecule has 0 heterocycles. The van der Waals surface area contributed by atoms with Crippen molar-refractivity contribution in [3.63, 3.8) is 0 Å². The molecule has 0 aliphatic heterocycles. The zero-order valence-electron chi connectivity index (χ0n) is 10.7. The van der Waals surface area contributed by atoms with Gasteiger partial charge >= 0.3 is 0 Å². The lowest BCUT2D eigenvalue weighted by Gasteiger charge is -2.48. The van der Waals surface area contributed by atoms with Gasteiger partial charge in [-0.2, -0.15) is 0 Å². The monoisotopic (exact) mass is 204 g/mol. The Balaban J connectivity index is 2.40. The first-order chi connectivity index (χ1) is 6.96. The van der Waals surface area contributed by atoms with Crippen LogP contribution in [0.1, 0.15) is 59.8 Å². The molecule has 0 saturated carbocycles. The van der Waals surface area contributed by atoms with Crippen LogP contribution < -0.4 is 0 Å². The minimum Gasteiger partial charge on any atom is -0.0847 e. The second-order valence-corrected chi connectivity index (χ2v) is 6.24. The highest BCUT2D eigenvalue weighted by Crippen LogP contribution is 2.55. The topological polar surface area (TPSA) is 0 Å². The Morgan fingerprint density at radius 3 is 2.53 bits per heavy atom. The van der Waals surface area contributed by atoms with Crippen LogP contribution in [0.25, 0.3) is 0 Å². The summed E-state index contributed by atoms with van der Waals surface area (Å²) in [5.74, 6) is 0. The summed E-state index contributed by atoms with van der Waals surface area (Å²) in [6, 6.07) is 0. The summed E-state index contributed by atoms with van der Waals surface area (Å²) in [5, 5.41) is 0. The van der Waals surface area contributed by atoms with E-state index in [9.17, 15) is 0 Å². The molecule has 0 bridgehead atoms. The van der Waals surface area contributed by atoms with Gasteiger partial charge in [0.25, 0.3) is 0 Å². The third-order valence-corrected chi connectivity index (χ3v) is 5.01. The summed E-state index contributed by atoms with van der Waals surface area (Å²) in [5.41, 5.74) is 4.20. The van der Waals surface area contributed by atoms with Gasteiger partial charge in [-0.1, -0.05) is 44.1 Å². The Bertz CT molecular complexity index is 317. The predicted molar refractivity (Wildman–Crippen MR) is 66.8 cm³/mol. The Labute approximate surface area is 94.5 Å². The van der Waals surface area contributed by atoms with E-state index >= 15 is 0 Å². The van der Waals surface area contributed by atoms with Crippen LogP contribution in [-0.2, 0) is 0 Å². The second kappa shape index (κ2) is 3.50. The fourth-order valence-corrected chi connectivity index (χ4v) is 3.14. The maximum absolute atomic E-state index is 2.53. The molecule has 0 saturated heterocycles. The highest BCUT2D eigenvalue weighted by Gasteiger charge is 2.44. The average molecular weight is 204 g/mol. The van der Waals surface area contributed by atoms with Crippen molar-refractivity contribution in [1.82, 2.24) is 0 Å². The molecule has 2 aliphatic rings. The van der Waals surface area contributed by atoms with Gasteiger partial charge in [0.1, 0.15) is 0 Å². The highest BCUT2D eigenvalue weighted by atomic mass is 14.5. The summed E-state index contributed by atoms with van der Waals surface area (Å²) in [6.45, 7) is 9.67. The van der Waals surface area contributed by atoms with Gasteiger partial charge in [0.05, 0.1) is 0 Å². The predicted octanol–water partition coefficient (Wildman–Crippen LogP) is 4.87. The van der Waals surface area contributed by atoms with Gasteiger partial charge in [-0.25, -0.2) is 0 Å². The molecule has 0 aromatic rings. The van der Waals surface area contributed by atoms with E-state index in [2.05, 4.69) is 39.8 Å². The fraction of sp³-hybridized carbons (Fsp3) is 0.733. The molecule has 0 nitrogen and oxygen atoms in total. The number of allylic oxidation sites excluding steroid dienone is 4. The van der Waals surface area contributed by atoms with E-state index < -0.39 is 0 Å². The lowest BCUT2D eigenvalue weighted by atomic mass is 9.56. The van der Waals surface area contributed by atoms with Crippen LogP contribution in [0.2, 0.25) is 0 Å². The van der Waals surface area contributed by atoms with E-state index in [0.29, 0.717) is 10.8 Å². The number of hydrogen-bond donors (Lipinski definition) is 0. The van der Waals surface area contributed by atoms with Crippen LogP contribution in [-0.4, -0.2) is 0 Å². The Kier molecular flexibility index (Phi) is 2.56. The van der Waals surface area contributed by atoms with Crippen LogP contribution >= 0.6 is 0 Å². The highest BCUT2D eigenvalue weighted by molar-refractivity contribution is 5.26. The molecule has 84 valence electrons. The zero-order valence-corrected chi connectivity index (χ0v) is 10.7. The molecule has 0 spiro atoms. The molecular formula is C15H24. The van der Waals surface area contributed by atoms with E-state index in [1.807, 2.05) is 0 Å². The largest absolute Gasteiger partial charge is 0.0847 e. The van der Waals surface area contributed by atoms with Gasteiger partial charge in [-0.15, -0.1) is 0 Å². The Morgan fingerprint density at radius 2 is 1.80 bits per heavy atom. The molecule has 0 aromatic heterocycles. The maximum Gasteiger partial charge on any atom is -0.00305 e. The first kappa shape index (κ1) is 11.0. The third-order valence-electron chi connectivity index (χ3n) is 5.01. The van der Waals surface area contributed by atoms with Crippen molar-refractivity contribution in [2.75, 3.05) is 0 Å². The Hall–Kier alpha value is -0.520. The van der Waals surface area contributed by atoms with Crippen molar-refractivity contribution in [1.29, 1.82) is 0 Å². The van der Waals surface area contributed by atoms with Gasteiger partial charge in [0.2, 0.25) is 0 Å². The van der Waals surface area contributed by atoms with Crippen LogP contribution in [0.5, 0.6) is 0 Å². The molecule has 0 aromatic carbocycles. The molecule has 0 N–H and O–H groups in total. The standard InChI is InChI=1S/C15H24/c1-12-7-8-13-6-5-10-14(2,3)15(13,4)11-9-12/h6,9H,5,7-8,10-11H2,1-4H3.